The number of aliphatic hydroxyl groups is 1. The predicted molar refractivity (Wildman–Crippen MR) is 118 cm³/mol. The molecule has 1 saturated heterocycles. The molecule has 7 nitrogen and oxygen atoms in total. The third-order valence-corrected chi connectivity index (χ3v) is 6.50. The lowest BCUT2D eigenvalue weighted by Gasteiger charge is -2.21. The summed E-state index contributed by atoms with van der Waals surface area (Å²) in [6.45, 7) is 4.07. The Balaban J connectivity index is 1.59. The van der Waals surface area contributed by atoms with Gasteiger partial charge in [-0.15, -0.1) is 11.3 Å². The van der Waals surface area contributed by atoms with Gasteiger partial charge in [-0.2, -0.15) is 0 Å². The number of aryl methyl sites for hydroxylation is 1. The van der Waals surface area contributed by atoms with Gasteiger partial charge < -0.3 is 20.1 Å². The van der Waals surface area contributed by atoms with Gasteiger partial charge in [-0.05, 0) is 30.9 Å². The summed E-state index contributed by atoms with van der Waals surface area (Å²) in [6.07, 6.45) is 3.85. The summed E-state index contributed by atoms with van der Waals surface area (Å²) in [5.74, 6) is 0.638. The first-order chi connectivity index (χ1) is 14.7. The standard InChI is InChI=1S/C22H26N4O3S/c1-15-18-20(23-12-17-8-5-11-29-17)24-14-25-21(18)30-19(15)22(28)26(9-10-27)13-16-6-3-2-4-7-16/h2-4,6-7,14,17,27H,5,8-13H2,1H3,(H,23,24,25)/t17-/m0/s1. The van der Waals surface area contributed by atoms with Crippen LogP contribution in [-0.2, 0) is 11.3 Å². The van der Waals surface area contributed by atoms with Crippen LogP contribution in [0.4, 0.5) is 5.82 Å². The van der Waals surface area contributed by atoms with Crippen LogP contribution in [0.15, 0.2) is 36.7 Å². The van der Waals surface area contributed by atoms with Crippen LogP contribution < -0.4 is 5.32 Å². The fourth-order valence-electron chi connectivity index (χ4n) is 3.75. The van der Waals surface area contributed by atoms with E-state index in [1.807, 2.05) is 37.3 Å². The smallest absolute Gasteiger partial charge is 0.264 e. The number of thiophene rings is 1. The van der Waals surface area contributed by atoms with Gasteiger partial charge in [-0.1, -0.05) is 30.3 Å². The Labute approximate surface area is 179 Å². The topological polar surface area (TPSA) is 87.6 Å². The van der Waals surface area contributed by atoms with Gasteiger partial charge in [0.25, 0.3) is 5.91 Å². The van der Waals surface area contributed by atoms with Crippen molar-refractivity contribution in [3.05, 3.63) is 52.7 Å². The van der Waals surface area contributed by atoms with Gasteiger partial charge in [0.1, 0.15) is 17.0 Å². The third-order valence-electron chi connectivity index (χ3n) is 5.32. The van der Waals surface area contributed by atoms with Gasteiger partial charge >= 0.3 is 0 Å². The Morgan fingerprint density at radius 3 is 2.90 bits per heavy atom. The fraction of sp³-hybridized carbons (Fsp3) is 0.409. The Hall–Kier alpha value is -2.55. The Morgan fingerprint density at radius 1 is 1.33 bits per heavy atom. The van der Waals surface area contributed by atoms with Crippen molar-refractivity contribution in [3.8, 4) is 0 Å². The van der Waals surface area contributed by atoms with Crippen molar-refractivity contribution in [1.29, 1.82) is 0 Å². The van der Waals surface area contributed by atoms with E-state index >= 15 is 0 Å². The first kappa shape index (κ1) is 20.7. The second-order valence-corrected chi connectivity index (χ2v) is 8.41. The molecule has 1 fully saturated rings. The number of nitrogens with zero attached hydrogens (tertiary/aromatic N) is 3. The average molecular weight is 427 g/mol. The van der Waals surface area contributed by atoms with Crippen LogP contribution in [0.25, 0.3) is 10.2 Å². The molecular weight excluding hydrogens is 400 g/mol. The zero-order chi connectivity index (χ0) is 20.9. The average Bonchev–Trinajstić information content (AvgIpc) is 3.40. The number of fused-ring (bicyclic) bond motifs is 1. The molecule has 158 valence electrons. The van der Waals surface area contributed by atoms with Crippen molar-refractivity contribution in [2.75, 3.05) is 31.6 Å². The number of amides is 1. The van der Waals surface area contributed by atoms with E-state index in [0.717, 1.165) is 46.6 Å². The van der Waals surface area contributed by atoms with Crippen molar-refractivity contribution < 1.29 is 14.6 Å². The third kappa shape index (κ3) is 4.45. The number of aromatic nitrogens is 2. The van der Waals surface area contributed by atoms with Crippen molar-refractivity contribution in [1.82, 2.24) is 14.9 Å². The minimum absolute atomic E-state index is 0.0868. The summed E-state index contributed by atoms with van der Waals surface area (Å²) >= 11 is 1.37. The van der Waals surface area contributed by atoms with E-state index in [2.05, 4.69) is 15.3 Å². The summed E-state index contributed by atoms with van der Waals surface area (Å²) in [5, 5.41) is 13.8. The lowest BCUT2D eigenvalue weighted by molar-refractivity contribution is 0.0712. The number of carbonyl (C=O) groups is 1. The van der Waals surface area contributed by atoms with Crippen molar-refractivity contribution >= 4 is 33.3 Å². The zero-order valence-electron chi connectivity index (χ0n) is 17.0. The molecule has 1 amide bonds. The molecule has 0 radical (unpaired) electrons. The molecule has 2 N–H and O–H groups in total. The molecule has 3 aromatic rings. The summed E-state index contributed by atoms with van der Waals surface area (Å²) in [7, 11) is 0. The maximum Gasteiger partial charge on any atom is 0.264 e. The highest BCUT2D eigenvalue weighted by Gasteiger charge is 2.24. The summed E-state index contributed by atoms with van der Waals surface area (Å²) in [6, 6.07) is 9.80. The lowest BCUT2D eigenvalue weighted by Crippen LogP contribution is -2.33. The number of rotatable bonds is 8. The highest BCUT2D eigenvalue weighted by molar-refractivity contribution is 7.20. The minimum atomic E-state index is -0.0986. The lowest BCUT2D eigenvalue weighted by atomic mass is 10.1. The van der Waals surface area contributed by atoms with Gasteiger partial charge in [-0.3, -0.25) is 4.79 Å². The SMILES string of the molecule is Cc1c(C(=O)N(CCO)Cc2ccccc2)sc2ncnc(NC[C@@H]3CCCO3)c12. The first-order valence-electron chi connectivity index (χ1n) is 10.2. The van der Waals surface area contributed by atoms with E-state index in [1.165, 1.54) is 17.7 Å². The largest absolute Gasteiger partial charge is 0.395 e. The van der Waals surface area contributed by atoms with Gasteiger partial charge in [0, 0.05) is 26.2 Å². The molecule has 0 unspecified atom stereocenters. The molecule has 0 bridgehead atoms. The monoisotopic (exact) mass is 426 g/mol. The van der Waals surface area contributed by atoms with Crippen molar-refractivity contribution in [2.24, 2.45) is 0 Å². The van der Waals surface area contributed by atoms with Gasteiger partial charge in [0.05, 0.1) is 23.0 Å². The van der Waals surface area contributed by atoms with Crippen LogP contribution in [0.3, 0.4) is 0 Å². The number of benzene rings is 1. The van der Waals surface area contributed by atoms with Crippen molar-refractivity contribution in [2.45, 2.75) is 32.4 Å². The predicted octanol–water partition coefficient (Wildman–Crippen LogP) is 3.23. The minimum Gasteiger partial charge on any atom is -0.395 e. The number of anilines is 1. The molecule has 1 aromatic carbocycles. The van der Waals surface area contributed by atoms with Crippen LogP contribution in [0.5, 0.6) is 0 Å². The molecular formula is C22H26N4O3S. The maximum atomic E-state index is 13.3. The number of nitrogens with one attached hydrogen (secondary N) is 1. The summed E-state index contributed by atoms with van der Waals surface area (Å²) < 4.78 is 5.69. The first-order valence-corrected chi connectivity index (χ1v) is 11.0. The summed E-state index contributed by atoms with van der Waals surface area (Å²) in [4.78, 5) is 25.2. The number of ether oxygens (including phenoxy) is 1. The van der Waals surface area contributed by atoms with E-state index < -0.39 is 0 Å². The molecule has 30 heavy (non-hydrogen) atoms. The molecule has 0 spiro atoms. The second kappa shape index (κ2) is 9.51. The molecule has 1 aliphatic heterocycles. The zero-order valence-corrected chi connectivity index (χ0v) is 17.8. The van der Waals surface area contributed by atoms with Gasteiger partial charge in [0.15, 0.2) is 0 Å². The highest BCUT2D eigenvalue weighted by Crippen LogP contribution is 2.34. The molecule has 1 atom stereocenters. The molecule has 3 heterocycles. The van der Waals surface area contributed by atoms with E-state index in [0.29, 0.717) is 18.0 Å². The molecule has 8 heteroatoms. The molecule has 2 aromatic heterocycles. The van der Waals surface area contributed by atoms with E-state index in [1.54, 1.807) is 4.90 Å². The Kier molecular flexibility index (Phi) is 6.56. The van der Waals surface area contributed by atoms with Crippen LogP contribution in [0.2, 0.25) is 0 Å². The van der Waals surface area contributed by atoms with Crippen LogP contribution in [0, 0.1) is 6.92 Å². The molecule has 4 rings (SSSR count). The molecule has 0 aliphatic carbocycles. The van der Waals surface area contributed by atoms with E-state index in [4.69, 9.17) is 4.74 Å². The van der Waals surface area contributed by atoms with Crippen LogP contribution in [0.1, 0.15) is 33.6 Å². The van der Waals surface area contributed by atoms with Gasteiger partial charge in [0.2, 0.25) is 0 Å². The quantitative estimate of drug-likeness (QED) is 0.575. The summed E-state index contributed by atoms with van der Waals surface area (Å²) in [5.41, 5.74) is 1.89. The van der Waals surface area contributed by atoms with Crippen molar-refractivity contribution in [3.63, 3.8) is 0 Å². The van der Waals surface area contributed by atoms with Crippen LogP contribution >= 0.6 is 11.3 Å². The Morgan fingerprint density at radius 2 is 2.17 bits per heavy atom. The van der Waals surface area contributed by atoms with Crippen LogP contribution in [-0.4, -0.2) is 58.3 Å². The van der Waals surface area contributed by atoms with E-state index in [9.17, 15) is 9.90 Å². The maximum absolute atomic E-state index is 13.3. The second-order valence-electron chi connectivity index (χ2n) is 7.41. The molecule has 1 aliphatic rings. The van der Waals surface area contributed by atoms with E-state index in [-0.39, 0.29) is 25.2 Å². The number of hydrogen-bond donors (Lipinski definition) is 2. The Bertz CT molecular complexity index is 1000. The van der Waals surface area contributed by atoms with Gasteiger partial charge in [-0.25, -0.2) is 9.97 Å². The fourth-order valence-corrected chi connectivity index (χ4v) is 4.86. The number of carbonyl (C=O) groups excluding carboxylic acids is 1. The number of aliphatic hydroxyl groups excluding tert-OH is 1. The normalized spacial score (nSPS) is 16.1. The molecule has 0 saturated carbocycles. The highest BCUT2D eigenvalue weighted by atomic mass is 32.1. The number of hydrogen-bond acceptors (Lipinski definition) is 7.